The molecule has 0 saturated heterocycles. The van der Waals surface area contributed by atoms with Gasteiger partial charge in [-0.1, -0.05) is 35.9 Å². The number of benzene rings is 3. The Morgan fingerprint density at radius 1 is 0.914 bits per heavy atom. The van der Waals surface area contributed by atoms with Gasteiger partial charge in [0.1, 0.15) is 11.5 Å². The van der Waals surface area contributed by atoms with E-state index in [0.29, 0.717) is 28.4 Å². The molecule has 0 atom stereocenters. The number of hydrazone groups is 1. The average molecular weight is 475 g/mol. The maximum Gasteiger partial charge on any atom is 0.329 e. The van der Waals surface area contributed by atoms with E-state index in [2.05, 4.69) is 21.2 Å². The molecule has 3 amide bonds. The second kappa shape index (κ2) is 12.0. The number of nitrogens with one attached hydrogen (secondary N) is 3. The number of aryl methyl sites for hydroxylation is 2. The minimum atomic E-state index is -0.949. The molecule has 3 aromatic rings. The van der Waals surface area contributed by atoms with Crippen molar-refractivity contribution < 1.29 is 23.9 Å². The lowest BCUT2D eigenvalue weighted by Gasteiger charge is -2.11. The van der Waals surface area contributed by atoms with Crippen molar-refractivity contribution in [1.82, 2.24) is 5.43 Å². The Balaban J connectivity index is 1.54. The molecule has 0 aromatic heterocycles. The summed E-state index contributed by atoms with van der Waals surface area (Å²) in [4.78, 5) is 36.5. The first-order chi connectivity index (χ1) is 16.9. The fourth-order valence-corrected chi connectivity index (χ4v) is 3.10. The Labute approximate surface area is 203 Å². The lowest BCUT2D eigenvalue weighted by Crippen LogP contribution is -2.32. The third-order valence-electron chi connectivity index (χ3n) is 4.84. The summed E-state index contributed by atoms with van der Waals surface area (Å²) in [5.41, 5.74) is 5.87. The molecule has 0 spiro atoms. The zero-order valence-corrected chi connectivity index (χ0v) is 19.6. The van der Waals surface area contributed by atoms with Crippen LogP contribution in [-0.4, -0.2) is 37.7 Å². The van der Waals surface area contributed by atoms with Crippen molar-refractivity contribution in [2.45, 2.75) is 13.8 Å². The molecule has 0 heterocycles. The van der Waals surface area contributed by atoms with Gasteiger partial charge >= 0.3 is 11.8 Å². The number of rotatable bonds is 8. The van der Waals surface area contributed by atoms with Gasteiger partial charge in [-0.25, -0.2) is 5.43 Å². The highest BCUT2D eigenvalue weighted by Gasteiger charge is 2.13. The van der Waals surface area contributed by atoms with Crippen LogP contribution in [-0.2, 0) is 14.4 Å². The second-order valence-corrected chi connectivity index (χ2v) is 7.58. The number of carbonyl (C=O) groups excluding carboxylic acids is 3. The Hall–Kier alpha value is -4.66. The summed E-state index contributed by atoms with van der Waals surface area (Å²) in [7, 11) is 1.50. The molecule has 3 N–H and O–H groups in total. The summed E-state index contributed by atoms with van der Waals surface area (Å²) in [5, 5.41) is 9.10. The van der Waals surface area contributed by atoms with Crippen molar-refractivity contribution in [3.8, 4) is 11.5 Å². The fraction of sp³-hybridized carbons (Fsp3) is 0.154. The molecule has 3 aromatic carbocycles. The van der Waals surface area contributed by atoms with Crippen LogP contribution in [0.4, 0.5) is 11.4 Å². The van der Waals surface area contributed by atoms with Crippen LogP contribution >= 0.6 is 0 Å². The summed E-state index contributed by atoms with van der Waals surface area (Å²) >= 11 is 0. The van der Waals surface area contributed by atoms with Crippen molar-refractivity contribution in [1.29, 1.82) is 0 Å². The van der Waals surface area contributed by atoms with Gasteiger partial charge in [0.2, 0.25) is 0 Å². The number of ether oxygens (including phenoxy) is 2. The molecule has 0 aliphatic heterocycles. The van der Waals surface area contributed by atoms with Gasteiger partial charge in [0.25, 0.3) is 5.91 Å². The lowest BCUT2D eigenvalue weighted by atomic mass is 10.1. The van der Waals surface area contributed by atoms with Gasteiger partial charge in [0, 0.05) is 23.0 Å². The van der Waals surface area contributed by atoms with Gasteiger partial charge in [-0.05, 0) is 49.7 Å². The molecule has 0 fully saturated rings. The number of para-hydroxylation sites is 1. The summed E-state index contributed by atoms with van der Waals surface area (Å²) in [6.07, 6.45) is 1.33. The maximum absolute atomic E-state index is 12.3. The van der Waals surface area contributed by atoms with E-state index in [9.17, 15) is 14.4 Å². The number of nitrogens with zero attached hydrogens (tertiary/aromatic N) is 1. The number of anilines is 2. The van der Waals surface area contributed by atoms with E-state index in [4.69, 9.17) is 9.47 Å². The highest BCUT2D eigenvalue weighted by molar-refractivity contribution is 6.39. The molecule has 0 bridgehead atoms. The summed E-state index contributed by atoms with van der Waals surface area (Å²) in [5.74, 6) is -1.22. The summed E-state index contributed by atoms with van der Waals surface area (Å²) in [6.45, 7) is 3.68. The number of methoxy groups -OCH3 is 1. The van der Waals surface area contributed by atoms with E-state index in [1.165, 1.54) is 13.3 Å². The smallest absolute Gasteiger partial charge is 0.329 e. The molecular formula is C26H26N4O5. The predicted octanol–water partition coefficient (Wildman–Crippen LogP) is 3.42. The SMILES string of the molecule is COc1cccc(NC(=O)C(=O)N/N=C\c2ccccc2OCC(=O)Nc2ccc(C)cc2C)c1. The standard InChI is InChI=1S/C26H26N4O5/c1-17-11-12-22(18(2)13-17)29-24(31)16-35-23-10-5-4-7-19(23)15-27-30-26(33)25(32)28-20-8-6-9-21(14-20)34-3/h4-15H,16H2,1-3H3,(H,28,32)(H,29,31)(H,30,33)/b27-15-. The first kappa shape index (κ1) is 25.0. The Morgan fingerprint density at radius 2 is 1.71 bits per heavy atom. The predicted molar refractivity (Wildman–Crippen MR) is 134 cm³/mol. The summed E-state index contributed by atoms with van der Waals surface area (Å²) in [6, 6.07) is 19.2. The normalized spacial score (nSPS) is 10.5. The molecule has 180 valence electrons. The monoisotopic (exact) mass is 474 g/mol. The van der Waals surface area contributed by atoms with Crippen LogP contribution in [0.25, 0.3) is 0 Å². The van der Waals surface area contributed by atoms with Crippen LogP contribution in [0.3, 0.4) is 0 Å². The fourth-order valence-electron chi connectivity index (χ4n) is 3.10. The molecule has 9 nitrogen and oxygen atoms in total. The van der Waals surface area contributed by atoms with Gasteiger partial charge in [0.15, 0.2) is 6.61 Å². The lowest BCUT2D eigenvalue weighted by molar-refractivity contribution is -0.136. The van der Waals surface area contributed by atoms with Crippen LogP contribution in [0, 0.1) is 13.8 Å². The number of amides is 3. The quantitative estimate of drug-likeness (QED) is 0.263. The molecule has 0 unspecified atom stereocenters. The van der Waals surface area contributed by atoms with E-state index in [-0.39, 0.29) is 12.5 Å². The third-order valence-corrected chi connectivity index (χ3v) is 4.84. The molecule has 0 saturated carbocycles. The first-order valence-corrected chi connectivity index (χ1v) is 10.7. The van der Waals surface area contributed by atoms with Gasteiger partial charge < -0.3 is 20.1 Å². The van der Waals surface area contributed by atoms with Crippen molar-refractivity contribution in [2.24, 2.45) is 5.10 Å². The van der Waals surface area contributed by atoms with Crippen LogP contribution in [0.5, 0.6) is 11.5 Å². The first-order valence-electron chi connectivity index (χ1n) is 10.7. The Morgan fingerprint density at radius 3 is 2.49 bits per heavy atom. The van der Waals surface area contributed by atoms with Crippen LogP contribution in [0.1, 0.15) is 16.7 Å². The minimum Gasteiger partial charge on any atom is -0.497 e. The summed E-state index contributed by atoms with van der Waals surface area (Å²) < 4.78 is 10.7. The highest BCUT2D eigenvalue weighted by atomic mass is 16.5. The number of carbonyl (C=O) groups is 3. The van der Waals surface area contributed by atoms with Crippen molar-refractivity contribution in [3.63, 3.8) is 0 Å². The highest BCUT2D eigenvalue weighted by Crippen LogP contribution is 2.18. The van der Waals surface area contributed by atoms with E-state index < -0.39 is 11.8 Å². The Kier molecular flexibility index (Phi) is 8.55. The van der Waals surface area contributed by atoms with E-state index in [0.717, 1.165) is 11.1 Å². The van der Waals surface area contributed by atoms with E-state index in [1.807, 2.05) is 32.0 Å². The molecule has 35 heavy (non-hydrogen) atoms. The average Bonchev–Trinajstić information content (AvgIpc) is 2.85. The topological polar surface area (TPSA) is 118 Å². The third kappa shape index (κ3) is 7.43. The minimum absolute atomic E-state index is 0.215. The zero-order chi connectivity index (χ0) is 25.2. The molecular weight excluding hydrogens is 448 g/mol. The maximum atomic E-state index is 12.3. The van der Waals surface area contributed by atoms with Gasteiger partial charge in [-0.3, -0.25) is 14.4 Å². The van der Waals surface area contributed by atoms with Crippen LogP contribution in [0.15, 0.2) is 71.8 Å². The van der Waals surface area contributed by atoms with Crippen molar-refractivity contribution >= 4 is 35.3 Å². The molecule has 9 heteroatoms. The van der Waals surface area contributed by atoms with Crippen LogP contribution in [0.2, 0.25) is 0 Å². The van der Waals surface area contributed by atoms with Gasteiger partial charge in [-0.2, -0.15) is 5.10 Å². The Bertz CT molecular complexity index is 1260. The molecule has 0 radical (unpaired) electrons. The van der Waals surface area contributed by atoms with Crippen molar-refractivity contribution in [3.05, 3.63) is 83.4 Å². The number of hydrogen-bond acceptors (Lipinski definition) is 6. The van der Waals surface area contributed by atoms with Crippen molar-refractivity contribution in [2.75, 3.05) is 24.4 Å². The van der Waals surface area contributed by atoms with E-state index >= 15 is 0 Å². The van der Waals surface area contributed by atoms with Gasteiger partial charge in [-0.15, -0.1) is 0 Å². The molecule has 0 aliphatic carbocycles. The number of hydrogen-bond donors (Lipinski definition) is 3. The molecule has 0 aliphatic rings. The molecule has 3 rings (SSSR count). The van der Waals surface area contributed by atoms with Gasteiger partial charge in [0.05, 0.1) is 13.3 Å². The second-order valence-electron chi connectivity index (χ2n) is 7.58. The largest absolute Gasteiger partial charge is 0.497 e. The van der Waals surface area contributed by atoms with Crippen LogP contribution < -0.4 is 25.5 Å². The van der Waals surface area contributed by atoms with E-state index in [1.54, 1.807) is 48.5 Å². The zero-order valence-electron chi connectivity index (χ0n) is 19.6.